The van der Waals surface area contributed by atoms with E-state index in [2.05, 4.69) is 15.5 Å². The summed E-state index contributed by atoms with van der Waals surface area (Å²) in [6, 6.07) is 5.11. The predicted octanol–water partition coefficient (Wildman–Crippen LogP) is -0.792. The second-order valence-corrected chi connectivity index (χ2v) is 7.18. The molecule has 0 bridgehead atoms. The molecule has 1 aliphatic heterocycles. The molecule has 10 nitrogen and oxygen atoms in total. The van der Waals surface area contributed by atoms with Gasteiger partial charge in [-0.05, 0) is 37.6 Å². The number of amides is 4. The summed E-state index contributed by atoms with van der Waals surface area (Å²) in [6.07, 6.45) is -0.317. The average Bonchev–Trinajstić information content (AvgIpc) is 2.71. The van der Waals surface area contributed by atoms with Crippen LogP contribution in [-0.2, 0) is 9.59 Å². The van der Waals surface area contributed by atoms with Gasteiger partial charge in [0.1, 0.15) is 0 Å². The molecule has 0 aromatic heterocycles. The second kappa shape index (κ2) is 10.7. The summed E-state index contributed by atoms with van der Waals surface area (Å²) in [5.74, 6) is -0.674. The van der Waals surface area contributed by atoms with Crippen molar-refractivity contribution < 1.29 is 19.5 Å². The fourth-order valence-corrected chi connectivity index (χ4v) is 2.99. The molecule has 1 unspecified atom stereocenters. The molecule has 29 heavy (non-hydrogen) atoms. The molecular formula is C19H30N6O4. The lowest BCUT2D eigenvalue weighted by molar-refractivity contribution is -0.142. The third-order valence-electron chi connectivity index (χ3n) is 4.87. The summed E-state index contributed by atoms with van der Waals surface area (Å²) < 4.78 is 0. The molecule has 2 rings (SSSR count). The number of anilines is 1. The number of carbonyl (C=O) groups excluding carboxylic acids is 3. The maximum absolute atomic E-state index is 12.5. The number of benzene rings is 1. The molecule has 1 fully saturated rings. The lowest BCUT2D eigenvalue weighted by Crippen LogP contribution is -2.48. The number of carbonyl (C=O) groups is 3. The molecule has 0 aliphatic carbocycles. The van der Waals surface area contributed by atoms with Gasteiger partial charge in [-0.15, -0.1) is 0 Å². The fraction of sp³-hybridized carbons (Fsp3) is 0.526. The number of nitrogens with two attached hydrogens (primary N) is 2. The summed E-state index contributed by atoms with van der Waals surface area (Å²) in [5, 5.41) is 15.5. The van der Waals surface area contributed by atoms with Crippen molar-refractivity contribution in [3.05, 3.63) is 29.8 Å². The van der Waals surface area contributed by atoms with E-state index in [-0.39, 0.29) is 11.8 Å². The van der Waals surface area contributed by atoms with Crippen LogP contribution in [0.2, 0.25) is 0 Å². The van der Waals surface area contributed by atoms with Crippen molar-refractivity contribution in [1.82, 2.24) is 15.1 Å². The molecule has 2 atom stereocenters. The summed E-state index contributed by atoms with van der Waals surface area (Å²) >= 11 is 0. The number of aliphatic hydroxyl groups excluding tert-OH is 1. The molecule has 1 aromatic carbocycles. The van der Waals surface area contributed by atoms with Gasteiger partial charge in [0, 0.05) is 38.4 Å². The van der Waals surface area contributed by atoms with Gasteiger partial charge in [0.05, 0.1) is 6.04 Å². The molecule has 0 saturated carbocycles. The number of primary amides is 1. The van der Waals surface area contributed by atoms with Crippen molar-refractivity contribution in [2.45, 2.75) is 25.0 Å². The van der Waals surface area contributed by atoms with Crippen molar-refractivity contribution >= 4 is 23.5 Å². The van der Waals surface area contributed by atoms with Gasteiger partial charge in [0.2, 0.25) is 5.91 Å². The third kappa shape index (κ3) is 7.00. The van der Waals surface area contributed by atoms with E-state index < -0.39 is 18.2 Å². The van der Waals surface area contributed by atoms with Gasteiger partial charge >= 0.3 is 6.03 Å². The molecule has 0 spiro atoms. The van der Waals surface area contributed by atoms with Crippen LogP contribution in [0.5, 0.6) is 0 Å². The number of hydrogen-bond acceptors (Lipinski definition) is 6. The minimum absolute atomic E-state index is 0.318. The largest absolute Gasteiger partial charge is 0.378 e. The Morgan fingerprint density at radius 2 is 1.76 bits per heavy atom. The number of rotatable bonds is 8. The van der Waals surface area contributed by atoms with Gasteiger partial charge in [0.15, 0.2) is 6.10 Å². The van der Waals surface area contributed by atoms with E-state index in [0.29, 0.717) is 43.7 Å². The van der Waals surface area contributed by atoms with Crippen LogP contribution in [-0.4, -0.2) is 78.6 Å². The van der Waals surface area contributed by atoms with Gasteiger partial charge in [-0.1, -0.05) is 12.1 Å². The van der Waals surface area contributed by atoms with E-state index in [1.807, 2.05) is 7.05 Å². The van der Waals surface area contributed by atoms with Crippen LogP contribution < -0.4 is 22.1 Å². The van der Waals surface area contributed by atoms with Crippen molar-refractivity contribution in [3.8, 4) is 0 Å². The van der Waals surface area contributed by atoms with Gasteiger partial charge in [-0.3, -0.25) is 9.59 Å². The number of likely N-dealkylation sites (N-methyl/N-ethyl adjacent to an activating group) is 1. The fourth-order valence-electron chi connectivity index (χ4n) is 2.99. The van der Waals surface area contributed by atoms with Gasteiger partial charge < -0.3 is 37.0 Å². The lowest BCUT2D eigenvalue weighted by Gasteiger charge is -2.33. The number of nitrogens with one attached hydrogen (secondary N) is 2. The molecule has 7 N–H and O–H groups in total. The Labute approximate surface area is 170 Å². The van der Waals surface area contributed by atoms with Crippen molar-refractivity contribution in [2.24, 2.45) is 11.5 Å². The first-order valence-electron chi connectivity index (χ1n) is 9.63. The SMILES string of the molecule is CN1CCN(C(=O)C(O)c2ccc(NC(=O)[C@@H](N)CCCNC(N)=O)cc2)CC1. The molecule has 1 aromatic rings. The molecule has 10 heteroatoms. The highest BCUT2D eigenvalue weighted by Crippen LogP contribution is 2.19. The molecule has 1 aliphatic rings. The normalized spacial score (nSPS) is 16.7. The minimum Gasteiger partial charge on any atom is -0.378 e. The number of piperazine rings is 1. The summed E-state index contributed by atoms with van der Waals surface area (Å²) in [7, 11) is 2.00. The molecule has 1 heterocycles. The summed E-state index contributed by atoms with van der Waals surface area (Å²) in [4.78, 5) is 39.0. The van der Waals surface area contributed by atoms with Crippen LogP contribution in [0.4, 0.5) is 10.5 Å². The Hall–Kier alpha value is -2.69. The zero-order valence-electron chi connectivity index (χ0n) is 16.6. The van der Waals surface area contributed by atoms with Gasteiger partial charge in [-0.25, -0.2) is 4.79 Å². The summed E-state index contributed by atoms with van der Waals surface area (Å²) in [6.45, 7) is 3.09. The van der Waals surface area contributed by atoms with E-state index in [0.717, 1.165) is 13.1 Å². The summed E-state index contributed by atoms with van der Waals surface area (Å²) in [5.41, 5.74) is 11.8. The molecule has 1 saturated heterocycles. The number of aliphatic hydroxyl groups is 1. The molecule has 4 amide bonds. The van der Waals surface area contributed by atoms with Crippen LogP contribution in [0, 0.1) is 0 Å². The highest BCUT2D eigenvalue weighted by atomic mass is 16.3. The Morgan fingerprint density at radius 1 is 1.14 bits per heavy atom. The van der Waals surface area contributed by atoms with E-state index in [4.69, 9.17) is 11.5 Å². The minimum atomic E-state index is -1.23. The van der Waals surface area contributed by atoms with Crippen LogP contribution in [0.25, 0.3) is 0 Å². The number of hydrogen-bond donors (Lipinski definition) is 5. The first kappa shape index (κ1) is 22.6. The first-order chi connectivity index (χ1) is 13.8. The zero-order valence-corrected chi connectivity index (χ0v) is 16.6. The highest BCUT2D eigenvalue weighted by molar-refractivity contribution is 5.94. The topological polar surface area (TPSA) is 154 Å². The Morgan fingerprint density at radius 3 is 2.34 bits per heavy atom. The van der Waals surface area contributed by atoms with E-state index in [1.165, 1.54) is 0 Å². The number of nitrogens with zero attached hydrogens (tertiary/aromatic N) is 2. The van der Waals surface area contributed by atoms with E-state index in [1.54, 1.807) is 29.2 Å². The van der Waals surface area contributed by atoms with E-state index in [9.17, 15) is 19.5 Å². The quantitative estimate of drug-likeness (QED) is 0.356. The highest BCUT2D eigenvalue weighted by Gasteiger charge is 2.26. The standard InChI is InChI=1S/C19H30N6O4/c1-24-9-11-25(12-10-24)18(28)16(26)13-4-6-14(7-5-13)23-17(27)15(20)3-2-8-22-19(21)29/h4-7,15-16,26H,2-3,8-12,20H2,1H3,(H,23,27)(H3,21,22,29)/t15-,16?/m0/s1. The number of urea groups is 1. The first-order valence-corrected chi connectivity index (χ1v) is 9.63. The molecular weight excluding hydrogens is 376 g/mol. The zero-order chi connectivity index (χ0) is 21.4. The van der Waals surface area contributed by atoms with Crippen LogP contribution in [0.3, 0.4) is 0 Å². The smallest absolute Gasteiger partial charge is 0.312 e. The molecule has 160 valence electrons. The van der Waals surface area contributed by atoms with Crippen LogP contribution in [0.1, 0.15) is 24.5 Å². The van der Waals surface area contributed by atoms with Crippen molar-refractivity contribution in [3.63, 3.8) is 0 Å². The van der Waals surface area contributed by atoms with Crippen LogP contribution >= 0.6 is 0 Å². The van der Waals surface area contributed by atoms with E-state index >= 15 is 0 Å². The van der Waals surface area contributed by atoms with Gasteiger partial charge in [-0.2, -0.15) is 0 Å². The van der Waals surface area contributed by atoms with Gasteiger partial charge in [0.25, 0.3) is 5.91 Å². The van der Waals surface area contributed by atoms with Crippen LogP contribution in [0.15, 0.2) is 24.3 Å². The Balaban J connectivity index is 1.83. The lowest BCUT2D eigenvalue weighted by atomic mass is 10.1. The predicted molar refractivity (Wildman–Crippen MR) is 109 cm³/mol. The monoisotopic (exact) mass is 406 g/mol. The van der Waals surface area contributed by atoms with Crippen molar-refractivity contribution in [1.29, 1.82) is 0 Å². The van der Waals surface area contributed by atoms with Crippen molar-refractivity contribution in [2.75, 3.05) is 45.1 Å². The Bertz CT molecular complexity index is 703. The second-order valence-electron chi connectivity index (χ2n) is 7.18. The Kier molecular flexibility index (Phi) is 8.37. The maximum atomic E-state index is 12.5. The maximum Gasteiger partial charge on any atom is 0.312 e. The molecule has 0 radical (unpaired) electrons. The third-order valence-corrected chi connectivity index (χ3v) is 4.87. The average molecular weight is 406 g/mol.